The molecule has 2 N–H and O–H groups in total. The number of amides is 1. The van der Waals surface area contributed by atoms with Gasteiger partial charge in [-0.25, -0.2) is 0 Å². The SMILES string of the molecule is CCN1CC(C)(C)CN(C)C(=O)C1CN. The third-order valence-electron chi connectivity index (χ3n) is 3.03. The standard InChI is InChI=1S/C11H23N3O/c1-5-14-8-11(2,3)7-13(4)10(15)9(14)6-12/h9H,5-8,12H2,1-4H3. The lowest BCUT2D eigenvalue weighted by Crippen LogP contribution is -2.49. The molecule has 0 aromatic carbocycles. The van der Waals surface area contributed by atoms with E-state index in [9.17, 15) is 4.79 Å². The summed E-state index contributed by atoms with van der Waals surface area (Å²) in [6.45, 7) is 9.49. The van der Waals surface area contributed by atoms with Crippen LogP contribution in [0.25, 0.3) is 0 Å². The number of nitrogens with zero attached hydrogens (tertiary/aromatic N) is 2. The fraction of sp³-hybridized carbons (Fsp3) is 0.909. The predicted octanol–water partition coefficient (Wildman–Crippen LogP) is 0.134. The molecule has 1 fully saturated rings. The summed E-state index contributed by atoms with van der Waals surface area (Å²) in [5.41, 5.74) is 5.83. The maximum atomic E-state index is 12.0. The van der Waals surface area contributed by atoms with Crippen molar-refractivity contribution in [3.8, 4) is 0 Å². The van der Waals surface area contributed by atoms with Crippen molar-refractivity contribution in [2.75, 3.05) is 33.2 Å². The van der Waals surface area contributed by atoms with Gasteiger partial charge in [0, 0.05) is 26.7 Å². The minimum atomic E-state index is -0.137. The van der Waals surface area contributed by atoms with Crippen LogP contribution in [0.2, 0.25) is 0 Å². The van der Waals surface area contributed by atoms with Crippen LogP contribution in [-0.2, 0) is 4.79 Å². The molecule has 1 unspecified atom stereocenters. The van der Waals surface area contributed by atoms with Crippen LogP contribution in [-0.4, -0.2) is 55.0 Å². The van der Waals surface area contributed by atoms with E-state index in [1.165, 1.54) is 0 Å². The molecule has 1 heterocycles. The van der Waals surface area contributed by atoms with Gasteiger partial charge in [0.2, 0.25) is 5.91 Å². The molecule has 1 rings (SSSR count). The van der Waals surface area contributed by atoms with Crippen molar-refractivity contribution < 1.29 is 4.79 Å². The first-order valence-electron chi connectivity index (χ1n) is 5.60. The Morgan fingerprint density at radius 3 is 2.53 bits per heavy atom. The van der Waals surface area contributed by atoms with E-state index >= 15 is 0 Å². The summed E-state index contributed by atoms with van der Waals surface area (Å²) >= 11 is 0. The second-order valence-electron chi connectivity index (χ2n) is 5.17. The Balaban J connectivity index is 2.93. The van der Waals surface area contributed by atoms with Crippen molar-refractivity contribution in [1.29, 1.82) is 0 Å². The van der Waals surface area contributed by atoms with Crippen LogP contribution in [0, 0.1) is 5.41 Å². The van der Waals surface area contributed by atoms with Gasteiger partial charge in [0.25, 0.3) is 0 Å². The molecule has 15 heavy (non-hydrogen) atoms. The van der Waals surface area contributed by atoms with Crippen molar-refractivity contribution in [1.82, 2.24) is 9.80 Å². The molecular weight excluding hydrogens is 190 g/mol. The number of nitrogens with two attached hydrogens (primary N) is 1. The van der Waals surface area contributed by atoms with Crippen molar-refractivity contribution in [2.45, 2.75) is 26.8 Å². The van der Waals surface area contributed by atoms with Crippen LogP contribution < -0.4 is 5.73 Å². The van der Waals surface area contributed by atoms with Crippen LogP contribution in [0.4, 0.5) is 0 Å². The second kappa shape index (κ2) is 4.49. The first kappa shape index (κ1) is 12.5. The smallest absolute Gasteiger partial charge is 0.240 e. The fourth-order valence-corrected chi connectivity index (χ4v) is 2.42. The number of carbonyl (C=O) groups is 1. The van der Waals surface area contributed by atoms with Crippen LogP contribution in [0.15, 0.2) is 0 Å². The fourth-order valence-electron chi connectivity index (χ4n) is 2.42. The molecule has 0 aromatic heterocycles. The minimum Gasteiger partial charge on any atom is -0.344 e. The average Bonchev–Trinajstić information content (AvgIpc) is 2.22. The molecule has 88 valence electrons. The number of hydrogen-bond acceptors (Lipinski definition) is 3. The zero-order valence-corrected chi connectivity index (χ0v) is 10.3. The third kappa shape index (κ3) is 2.69. The quantitative estimate of drug-likeness (QED) is 0.709. The van der Waals surface area contributed by atoms with Crippen molar-refractivity contribution in [2.24, 2.45) is 11.1 Å². The Kier molecular flexibility index (Phi) is 3.73. The van der Waals surface area contributed by atoms with Crippen LogP contribution >= 0.6 is 0 Å². The number of hydrogen-bond donors (Lipinski definition) is 1. The van der Waals surface area contributed by atoms with E-state index in [0.29, 0.717) is 6.54 Å². The number of likely N-dealkylation sites (N-methyl/N-ethyl adjacent to an activating group) is 2. The lowest BCUT2D eigenvalue weighted by Gasteiger charge is -2.31. The van der Waals surface area contributed by atoms with Gasteiger partial charge < -0.3 is 10.6 Å². The zero-order chi connectivity index (χ0) is 11.6. The van der Waals surface area contributed by atoms with Crippen molar-refractivity contribution in [3.05, 3.63) is 0 Å². The van der Waals surface area contributed by atoms with E-state index in [2.05, 4.69) is 25.7 Å². The summed E-state index contributed by atoms with van der Waals surface area (Å²) in [4.78, 5) is 16.0. The first-order chi connectivity index (χ1) is 6.91. The van der Waals surface area contributed by atoms with Gasteiger partial charge in [-0.15, -0.1) is 0 Å². The Morgan fingerprint density at radius 1 is 1.47 bits per heavy atom. The minimum absolute atomic E-state index is 0.137. The monoisotopic (exact) mass is 213 g/mol. The Bertz CT molecular complexity index is 240. The summed E-state index contributed by atoms with van der Waals surface area (Å²) in [6.07, 6.45) is 0. The van der Waals surface area contributed by atoms with Crippen molar-refractivity contribution in [3.63, 3.8) is 0 Å². The molecule has 1 amide bonds. The van der Waals surface area contributed by atoms with E-state index in [0.717, 1.165) is 19.6 Å². The van der Waals surface area contributed by atoms with Gasteiger partial charge in [-0.05, 0) is 12.0 Å². The highest BCUT2D eigenvalue weighted by Gasteiger charge is 2.36. The van der Waals surface area contributed by atoms with Crippen LogP contribution in [0.5, 0.6) is 0 Å². The third-order valence-corrected chi connectivity index (χ3v) is 3.03. The van der Waals surface area contributed by atoms with E-state index in [1.54, 1.807) is 0 Å². The maximum Gasteiger partial charge on any atom is 0.240 e. The van der Waals surface area contributed by atoms with Gasteiger partial charge in [0.1, 0.15) is 6.04 Å². The average molecular weight is 213 g/mol. The highest BCUT2D eigenvalue weighted by molar-refractivity contribution is 5.82. The molecule has 0 aliphatic carbocycles. The molecule has 0 saturated carbocycles. The second-order valence-corrected chi connectivity index (χ2v) is 5.17. The van der Waals surface area contributed by atoms with Gasteiger partial charge in [-0.2, -0.15) is 0 Å². The van der Waals surface area contributed by atoms with E-state index in [4.69, 9.17) is 5.73 Å². The molecule has 0 radical (unpaired) electrons. The summed E-state index contributed by atoms with van der Waals surface area (Å²) in [5, 5.41) is 0. The van der Waals surface area contributed by atoms with E-state index < -0.39 is 0 Å². The normalized spacial score (nSPS) is 27.9. The Labute approximate surface area is 92.4 Å². The molecule has 0 spiro atoms. The zero-order valence-electron chi connectivity index (χ0n) is 10.3. The molecular formula is C11H23N3O. The van der Waals surface area contributed by atoms with Crippen LogP contribution in [0.1, 0.15) is 20.8 Å². The maximum absolute atomic E-state index is 12.0. The topological polar surface area (TPSA) is 49.6 Å². The summed E-state index contributed by atoms with van der Waals surface area (Å²) in [5.74, 6) is 0.157. The highest BCUT2D eigenvalue weighted by atomic mass is 16.2. The lowest BCUT2D eigenvalue weighted by atomic mass is 9.92. The molecule has 1 aliphatic rings. The van der Waals surface area contributed by atoms with Crippen molar-refractivity contribution >= 4 is 5.91 Å². The van der Waals surface area contributed by atoms with Gasteiger partial charge in [-0.1, -0.05) is 20.8 Å². The Hall–Kier alpha value is -0.610. The molecule has 0 aromatic rings. The summed E-state index contributed by atoms with van der Waals surface area (Å²) < 4.78 is 0. The Morgan fingerprint density at radius 2 is 2.07 bits per heavy atom. The highest BCUT2D eigenvalue weighted by Crippen LogP contribution is 2.23. The predicted molar refractivity (Wildman–Crippen MR) is 61.5 cm³/mol. The van der Waals surface area contributed by atoms with E-state index in [1.807, 2.05) is 11.9 Å². The summed E-state index contributed by atoms with van der Waals surface area (Å²) in [6, 6.07) is -0.137. The van der Waals surface area contributed by atoms with Crippen LogP contribution in [0.3, 0.4) is 0 Å². The molecule has 1 atom stereocenters. The van der Waals surface area contributed by atoms with Gasteiger partial charge in [0.15, 0.2) is 0 Å². The molecule has 0 bridgehead atoms. The molecule has 1 saturated heterocycles. The van der Waals surface area contributed by atoms with Gasteiger partial charge in [0.05, 0.1) is 0 Å². The van der Waals surface area contributed by atoms with E-state index in [-0.39, 0.29) is 17.4 Å². The lowest BCUT2D eigenvalue weighted by molar-refractivity contribution is -0.133. The first-order valence-corrected chi connectivity index (χ1v) is 5.60. The summed E-state index contributed by atoms with van der Waals surface area (Å²) in [7, 11) is 1.87. The van der Waals surface area contributed by atoms with Gasteiger partial charge in [-0.3, -0.25) is 9.69 Å². The number of carbonyl (C=O) groups excluding carboxylic acids is 1. The number of rotatable bonds is 2. The molecule has 4 heteroatoms. The largest absolute Gasteiger partial charge is 0.344 e. The molecule has 4 nitrogen and oxygen atoms in total. The van der Waals surface area contributed by atoms with Gasteiger partial charge >= 0.3 is 0 Å². The molecule has 1 aliphatic heterocycles.